The van der Waals surface area contributed by atoms with E-state index in [1.807, 2.05) is 19.2 Å². The second kappa shape index (κ2) is 11.8. The number of amides is 2. The Hall–Kier alpha value is -1.67. The van der Waals surface area contributed by atoms with Crippen LogP contribution in [0.15, 0.2) is 11.6 Å². The molecule has 8 heteroatoms. The van der Waals surface area contributed by atoms with E-state index in [2.05, 4.69) is 15.6 Å². The number of aliphatic hydroxyl groups excluding tert-OH is 1. The molecule has 1 aliphatic rings. The number of aliphatic hydroxyl groups is 1. The Morgan fingerprint density at radius 3 is 2.45 bits per heavy atom. The SMILES string of the molecule is CC(C)C[C@H](NC(=O)OC(C)(C)C)C(=O)N[C@H](CC1CCCCC1)[C@H](O)c1nccs1. The van der Waals surface area contributed by atoms with Crippen molar-refractivity contribution in [1.29, 1.82) is 0 Å². The number of carbonyl (C=O) groups is 2. The molecule has 0 radical (unpaired) electrons. The molecule has 0 unspecified atom stereocenters. The van der Waals surface area contributed by atoms with Crippen LogP contribution in [0.5, 0.6) is 0 Å². The van der Waals surface area contributed by atoms with Crippen LogP contribution in [0.3, 0.4) is 0 Å². The lowest BCUT2D eigenvalue weighted by atomic mass is 9.83. The molecule has 1 aromatic heterocycles. The number of nitrogens with one attached hydrogen (secondary N) is 2. The van der Waals surface area contributed by atoms with Crippen molar-refractivity contribution in [3.8, 4) is 0 Å². The zero-order valence-electron chi connectivity index (χ0n) is 19.5. The summed E-state index contributed by atoms with van der Waals surface area (Å²) in [7, 11) is 0. The molecule has 3 N–H and O–H groups in total. The molecule has 3 atom stereocenters. The Morgan fingerprint density at radius 1 is 1.23 bits per heavy atom. The topological polar surface area (TPSA) is 101 Å². The third-order valence-electron chi connectivity index (χ3n) is 5.44. The maximum absolute atomic E-state index is 13.2. The molecular formula is C23H39N3O4S. The molecular weight excluding hydrogens is 414 g/mol. The Bertz CT molecular complexity index is 681. The van der Waals surface area contributed by atoms with Gasteiger partial charge >= 0.3 is 6.09 Å². The molecule has 0 aromatic carbocycles. The van der Waals surface area contributed by atoms with Crippen molar-refractivity contribution in [2.75, 3.05) is 0 Å². The van der Waals surface area contributed by atoms with E-state index in [0.29, 0.717) is 23.8 Å². The number of carbonyl (C=O) groups excluding carboxylic acids is 2. The summed E-state index contributed by atoms with van der Waals surface area (Å²) < 4.78 is 5.35. The van der Waals surface area contributed by atoms with Crippen molar-refractivity contribution in [1.82, 2.24) is 15.6 Å². The molecule has 0 spiro atoms. The van der Waals surface area contributed by atoms with Crippen LogP contribution < -0.4 is 10.6 Å². The minimum atomic E-state index is -0.868. The molecule has 1 aliphatic carbocycles. The number of alkyl carbamates (subject to hydrolysis) is 1. The van der Waals surface area contributed by atoms with Crippen molar-refractivity contribution in [2.24, 2.45) is 11.8 Å². The Morgan fingerprint density at radius 2 is 1.90 bits per heavy atom. The average molecular weight is 454 g/mol. The molecule has 0 saturated heterocycles. The molecule has 31 heavy (non-hydrogen) atoms. The smallest absolute Gasteiger partial charge is 0.408 e. The summed E-state index contributed by atoms with van der Waals surface area (Å²) in [5.41, 5.74) is -0.645. The number of hydrogen-bond acceptors (Lipinski definition) is 6. The van der Waals surface area contributed by atoms with Gasteiger partial charge in [0.2, 0.25) is 5.91 Å². The summed E-state index contributed by atoms with van der Waals surface area (Å²) in [4.78, 5) is 29.8. The van der Waals surface area contributed by atoms with E-state index >= 15 is 0 Å². The number of hydrogen-bond donors (Lipinski definition) is 3. The van der Waals surface area contributed by atoms with Gasteiger partial charge in [0.05, 0.1) is 6.04 Å². The summed E-state index contributed by atoms with van der Waals surface area (Å²) in [6.07, 6.45) is 7.22. The van der Waals surface area contributed by atoms with Gasteiger partial charge in [-0.1, -0.05) is 46.0 Å². The molecule has 7 nitrogen and oxygen atoms in total. The van der Waals surface area contributed by atoms with Gasteiger partial charge in [0.1, 0.15) is 22.8 Å². The van der Waals surface area contributed by atoms with Gasteiger partial charge in [0.25, 0.3) is 0 Å². The minimum absolute atomic E-state index is 0.200. The van der Waals surface area contributed by atoms with Crippen LogP contribution in [-0.2, 0) is 9.53 Å². The van der Waals surface area contributed by atoms with Crippen molar-refractivity contribution < 1.29 is 19.4 Å². The van der Waals surface area contributed by atoms with Crippen molar-refractivity contribution in [2.45, 2.75) is 103 Å². The molecule has 176 valence electrons. The highest BCUT2D eigenvalue weighted by Crippen LogP contribution is 2.31. The van der Waals surface area contributed by atoms with Gasteiger partial charge in [-0.2, -0.15) is 0 Å². The Kier molecular flexibility index (Phi) is 9.75. The van der Waals surface area contributed by atoms with E-state index in [0.717, 1.165) is 12.8 Å². The summed E-state index contributed by atoms with van der Waals surface area (Å²) in [5, 5.41) is 19.1. The van der Waals surface area contributed by atoms with Crippen LogP contribution in [0.2, 0.25) is 0 Å². The second-order valence-electron chi connectivity index (χ2n) is 10.00. The molecule has 1 heterocycles. The van der Waals surface area contributed by atoms with Gasteiger partial charge in [0, 0.05) is 11.6 Å². The molecule has 2 rings (SSSR count). The molecule has 0 aliphatic heterocycles. The summed E-state index contributed by atoms with van der Waals surface area (Å²) >= 11 is 1.38. The molecule has 1 aromatic rings. The normalized spacial score (nSPS) is 18.3. The van der Waals surface area contributed by atoms with Crippen LogP contribution in [0, 0.1) is 11.8 Å². The quantitative estimate of drug-likeness (QED) is 0.508. The van der Waals surface area contributed by atoms with Gasteiger partial charge < -0.3 is 20.5 Å². The van der Waals surface area contributed by atoms with Gasteiger partial charge in [-0.15, -0.1) is 11.3 Å². The number of nitrogens with zero attached hydrogens (tertiary/aromatic N) is 1. The maximum Gasteiger partial charge on any atom is 0.408 e. The fourth-order valence-corrected chi connectivity index (χ4v) is 4.72. The van der Waals surface area contributed by atoms with E-state index < -0.39 is 29.9 Å². The number of thiazole rings is 1. The van der Waals surface area contributed by atoms with Gasteiger partial charge in [0.15, 0.2) is 0 Å². The van der Waals surface area contributed by atoms with Crippen LogP contribution in [-0.4, -0.2) is 39.8 Å². The molecule has 1 saturated carbocycles. The van der Waals surface area contributed by atoms with Crippen LogP contribution in [0.1, 0.15) is 90.7 Å². The average Bonchev–Trinajstić information content (AvgIpc) is 3.20. The first kappa shape index (κ1) is 25.6. The summed E-state index contributed by atoms with van der Waals surface area (Å²) in [6, 6.07) is -1.18. The predicted molar refractivity (Wildman–Crippen MR) is 123 cm³/mol. The zero-order valence-corrected chi connectivity index (χ0v) is 20.3. The molecule has 2 amide bonds. The third-order valence-corrected chi connectivity index (χ3v) is 6.29. The highest BCUT2D eigenvalue weighted by molar-refractivity contribution is 7.09. The standard InChI is InChI=1S/C23H39N3O4S/c1-15(2)13-18(26-22(29)30-23(3,4)5)20(28)25-17(14-16-9-7-6-8-10-16)19(27)21-24-11-12-31-21/h11-12,15-19,27H,6-10,13-14H2,1-5H3,(H,25,28)(H,26,29)/t17-,18+,19+/m1/s1. The largest absolute Gasteiger partial charge is 0.444 e. The van der Waals surface area contributed by atoms with Gasteiger partial charge in [-0.25, -0.2) is 9.78 Å². The highest BCUT2D eigenvalue weighted by Gasteiger charge is 2.32. The van der Waals surface area contributed by atoms with Gasteiger partial charge in [-0.3, -0.25) is 4.79 Å². The van der Waals surface area contributed by atoms with E-state index in [1.165, 1.54) is 30.6 Å². The first-order valence-electron chi connectivity index (χ1n) is 11.4. The maximum atomic E-state index is 13.2. The molecule has 1 fully saturated rings. The van der Waals surface area contributed by atoms with Crippen LogP contribution >= 0.6 is 11.3 Å². The fraction of sp³-hybridized carbons (Fsp3) is 0.783. The van der Waals surface area contributed by atoms with Gasteiger partial charge in [-0.05, 0) is 45.4 Å². The monoisotopic (exact) mass is 453 g/mol. The van der Waals surface area contributed by atoms with Crippen molar-refractivity contribution in [3.05, 3.63) is 16.6 Å². The first-order chi connectivity index (χ1) is 14.5. The third kappa shape index (κ3) is 9.15. The molecule has 0 bridgehead atoms. The summed E-state index contributed by atoms with van der Waals surface area (Å²) in [5.74, 6) is 0.373. The van der Waals surface area contributed by atoms with E-state index in [-0.39, 0.29) is 11.8 Å². The Labute approximate surface area is 190 Å². The fourth-order valence-electron chi connectivity index (χ4n) is 4.04. The zero-order chi connectivity index (χ0) is 23.0. The van der Waals surface area contributed by atoms with Crippen LogP contribution in [0.25, 0.3) is 0 Å². The number of ether oxygens (including phenoxy) is 1. The highest BCUT2D eigenvalue weighted by atomic mass is 32.1. The lowest BCUT2D eigenvalue weighted by Crippen LogP contribution is -2.52. The van der Waals surface area contributed by atoms with E-state index in [9.17, 15) is 14.7 Å². The second-order valence-corrected chi connectivity index (χ2v) is 10.9. The van der Waals surface area contributed by atoms with Crippen molar-refractivity contribution in [3.63, 3.8) is 0 Å². The lowest BCUT2D eigenvalue weighted by Gasteiger charge is -2.31. The van der Waals surface area contributed by atoms with E-state index in [1.54, 1.807) is 27.0 Å². The Balaban J connectivity index is 2.11. The lowest BCUT2D eigenvalue weighted by molar-refractivity contribution is -0.125. The number of aromatic nitrogens is 1. The van der Waals surface area contributed by atoms with Crippen molar-refractivity contribution >= 4 is 23.3 Å². The number of rotatable bonds is 9. The summed E-state index contributed by atoms with van der Waals surface area (Å²) in [6.45, 7) is 9.36. The minimum Gasteiger partial charge on any atom is -0.444 e. The van der Waals surface area contributed by atoms with E-state index in [4.69, 9.17) is 4.74 Å². The predicted octanol–water partition coefficient (Wildman–Crippen LogP) is 4.57. The first-order valence-corrected chi connectivity index (χ1v) is 12.3. The van der Waals surface area contributed by atoms with Crippen LogP contribution in [0.4, 0.5) is 4.79 Å².